The molecule has 0 radical (unpaired) electrons. The Bertz CT molecular complexity index is 628. The van der Waals surface area contributed by atoms with E-state index in [2.05, 4.69) is 5.32 Å². The normalized spacial score (nSPS) is 16.7. The smallest absolute Gasteiger partial charge is 0.329 e. The van der Waals surface area contributed by atoms with E-state index in [1.54, 1.807) is 11.8 Å². The average molecular weight is 325 g/mol. The van der Waals surface area contributed by atoms with Crippen LogP contribution >= 0.6 is 11.8 Å². The summed E-state index contributed by atoms with van der Waals surface area (Å²) < 4.78 is 0. The minimum atomic E-state index is -1.35. The average Bonchev–Trinajstić information content (AvgIpc) is 2.47. The van der Waals surface area contributed by atoms with Crippen LogP contribution in [0, 0.1) is 10.1 Å². The molecule has 0 bridgehead atoms. The molecule has 0 unspecified atom stereocenters. The molecule has 9 heteroatoms. The number of carboxylic acid groups (broad SMARTS) is 1. The Morgan fingerprint density at radius 1 is 1.36 bits per heavy atom. The van der Waals surface area contributed by atoms with Gasteiger partial charge in [0.05, 0.1) is 10.5 Å². The zero-order chi connectivity index (χ0) is 16.3. The van der Waals surface area contributed by atoms with Gasteiger partial charge in [0, 0.05) is 6.07 Å². The number of anilines is 1. The van der Waals surface area contributed by atoms with E-state index in [1.807, 2.05) is 0 Å². The number of carboxylic acids is 1. The Labute approximate surface area is 130 Å². The number of amides is 1. The summed E-state index contributed by atoms with van der Waals surface area (Å²) in [4.78, 5) is 34.0. The number of rotatable bonds is 4. The monoisotopic (exact) mass is 325 g/mol. The summed E-state index contributed by atoms with van der Waals surface area (Å²) in [5, 5.41) is 22.8. The van der Waals surface area contributed by atoms with Crippen molar-refractivity contribution in [3.63, 3.8) is 0 Å². The van der Waals surface area contributed by atoms with Crippen LogP contribution in [0.3, 0.4) is 0 Å². The van der Waals surface area contributed by atoms with Gasteiger partial charge in [-0.1, -0.05) is 6.07 Å². The number of nitrogens with one attached hydrogen (secondary N) is 1. The van der Waals surface area contributed by atoms with Crippen molar-refractivity contribution in [2.45, 2.75) is 18.4 Å². The van der Waals surface area contributed by atoms with Crippen molar-refractivity contribution in [2.24, 2.45) is 0 Å². The predicted octanol–water partition coefficient (Wildman–Crippen LogP) is 1.26. The first-order chi connectivity index (χ1) is 10.4. The second kappa shape index (κ2) is 6.22. The van der Waals surface area contributed by atoms with Crippen LogP contribution in [-0.4, -0.2) is 39.0 Å². The first-order valence-electron chi connectivity index (χ1n) is 6.54. The van der Waals surface area contributed by atoms with Crippen molar-refractivity contribution in [3.8, 4) is 0 Å². The van der Waals surface area contributed by atoms with Gasteiger partial charge in [-0.3, -0.25) is 14.9 Å². The van der Waals surface area contributed by atoms with Gasteiger partial charge in [-0.05, 0) is 30.4 Å². The van der Waals surface area contributed by atoms with Crippen LogP contribution in [-0.2, 0) is 4.79 Å². The third kappa shape index (κ3) is 2.98. The fourth-order valence-electron chi connectivity index (χ4n) is 2.31. The summed E-state index contributed by atoms with van der Waals surface area (Å²) in [6.45, 7) is 0. The lowest BCUT2D eigenvalue weighted by atomic mass is 9.91. The van der Waals surface area contributed by atoms with E-state index < -0.39 is 22.3 Å². The zero-order valence-corrected chi connectivity index (χ0v) is 12.4. The van der Waals surface area contributed by atoms with E-state index in [0.717, 1.165) is 0 Å². The largest absolute Gasteiger partial charge is 0.480 e. The molecule has 22 heavy (non-hydrogen) atoms. The molecule has 0 aromatic heterocycles. The summed E-state index contributed by atoms with van der Waals surface area (Å²) >= 11 is 1.62. The highest BCUT2D eigenvalue weighted by atomic mass is 32.2. The fraction of sp³-hybridized carbons (Fsp3) is 0.385. The summed E-state index contributed by atoms with van der Waals surface area (Å²) in [7, 11) is 0. The number of carbonyl (C=O) groups excluding carboxylic acids is 1. The highest BCUT2D eigenvalue weighted by Gasteiger charge is 2.41. The summed E-state index contributed by atoms with van der Waals surface area (Å²) in [5.74, 6) is -0.575. The molecule has 2 rings (SSSR count). The molecule has 1 aliphatic heterocycles. The molecule has 1 aromatic carbocycles. The molecule has 4 N–H and O–H groups in total. The number of hydrogen-bond acceptors (Lipinski definition) is 6. The molecule has 1 aliphatic rings. The summed E-state index contributed by atoms with van der Waals surface area (Å²) in [6.07, 6.45) is 0.598. The van der Waals surface area contributed by atoms with Gasteiger partial charge in [0.2, 0.25) is 0 Å². The lowest BCUT2D eigenvalue weighted by Crippen LogP contribution is -2.56. The molecule has 0 aliphatic carbocycles. The summed E-state index contributed by atoms with van der Waals surface area (Å²) in [5.41, 5.74) is 3.57. The zero-order valence-electron chi connectivity index (χ0n) is 11.6. The van der Waals surface area contributed by atoms with Crippen molar-refractivity contribution in [1.29, 1.82) is 0 Å². The quantitative estimate of drug-likeness (QED) is 0.430. The van der Waals surface area contributed by atoms with Crippen molar-refractivity contribution >= 4 is 35.0 Å². The number of benzene rings is 1. The van der Waals surface area contributed by atoms with E-state index in [0.29, 0.717) is 24.3 Å². The van der Waals surface area contributed by atoms with Gasteiger partial charge in [-0.25, -0.2) is 4.79 Å². The van der Waals surface area contributed by atoms with Gasteiger partial charge < -0.3 is 16.2 Å². The molecule has 1 heterocycles. The van der Waals surface area contributed by atoms with Crippen molar-refractivity contribution < 1.29 is 19.6 Å². The number of nitro groups is 1. The molecule has 1 amide bonds. The van der Waals surface area contributed by atoms with Gasteiger partial charge in [0.1, 0.15) is 11.2 Å². The molecule has 1 fully saturated rings. The van der Waals surface area contributed by atoms with Crippen LogP contribution in [0.5, 0.6) is 0 Å². The van der Waals surface area contributed by atoms with Crippen LogP contribution in [0.15, 0.2) is 18.2 Å². The summed E-state index contributed by atoms with van der Waals surface area (Å²) in [6, 6.07) is 3.87. The standard InChI is InChI=1S/C13H15N3O5S/c14-10-8(2-1-3-9(10)16(20)21)11(17)15-13(12(18)19)4-6-22-7-5-13/h1-3H,4-7,14H2,(H,15,17)(H,18,19). The van der Waals surface area contributed by atoms with Crippen molar-refractivity contribution in [2.75, 3.05) is 17.2 Å². The van der Waals surface area contributed by atoms with E-state index in [-0.39, 0.29) is 16.9 Å². The lowest BCUT2D eigenvalue weighted by molar-refractivity contribution is -0.383. The Kier molecular flexibility index (Phi) is 4.55. The van der Waals surface area contributed by atoms with Crippen LogP contribution in [0.4, 0.5) is 11.4 Å². The molecule has 0 saturated carbocycles. The molecule has 8 nitrogen and oxygen atoms in total. The molecular weight excluding hydrogens is 310 g/mol. The van der Waals surface area contributed by atoms with Crippen LogP contribution in [0.1, 0.15) is 23.2 Å². The number of thioether (sulfide) groups is 1. The molecule has 0 atom stereocenters. The molecule has 1 saturated heterocycles. The third-order valence-electron chi connectivity index (χ3n) is 3.63. The number of nitro benzene ring substituents is 1. The number of hydrogen-bond donors (Lipinski definition) is 3. The maximum Gasteiger partial charge on any atom is 0.329 e. The van der Waals surface area contributed by atoms with E-state index >= 15 is 0 Å². The van der Waals surface area contributed by atoms with Crippen LogP contribution < -0.4 is 11.1 Å². The highest BCUT2D eigenvalue weighted by molar-refractivity contribution is 7.99. The Balaban J connectivity index is 2.30. The number of nitrogens with two attached hydrogens (primary N) is 1. The Morgan fingerprint density at radius 3 is 2.55 bits per heavy atom. The van der Waals surface area contributed by atoms with Crippen molar-refractivity contribution in [1.82, 2.24) is 5.32 Å². The second-order valence-electron chi connectivity index (χ2n) is 4.95. The van der Waals surface area contributed by atoms with E-state index in [9.17, 15) is 24.8 Å². The fourth-order valence-corrected chi connectivity index (χ4v) is 3.50. The lowest BCUT2D eigenvalue weighted by Gasteiger charge is -2.33. The molecule has 0 spiro atoms. The predicted molar refractivity (Wildman–Crippen MR) is 81.9 cm³/mol. The maximum absolute atomic E-state index is 12.3. The van der Waals surface area contributed by atoms with Gasteiger partial charge in [-0.2, -0.15) is 11.8 Å². The van der Waals surface area contributed by atoms with Gasteiger partial charge >= 0.3 is 5.97 Å². The Hall–Kier alpha value is -2.29. The molecule has 118 valence electrons. The third-order valence-corrected chi connectivity index (χ3v) is 4.62. The second-order valence-corrected chi connectivity index (χ2v) is 6.17. The van der Waals surface area contributed by atoms with E-state index in [4.69, 9.17) is 5.73 Å². The number of carbonyl (C=O) groups is 2. The van der Waals surface area contributed by atoms with Crippen LogP contribution in [0.2, 0.25) is 0 Å². The topological polar surface area (TPSA) is 136 Å². The minimum Gasteiger partial charge on any atom is -0.480 e. The SMILES string of the molecule is Nc1c(C(=O)NC2(C(=O)O)CCSCC2)cccc1[N+](=O)[O-]. The highest BCUT2D eigenvalue weighted by Crippen LogP contribution is 2.29. The van der Waals surface area contributed by atoms with Crippen LogP contribution in [0.25, 0.3) is 0 Å². The van der Waals surface area contributed by atoms with Gasteiger partial charge in [-0.15, -0.1) is 0 Å². The number of nitrogens with zero attached hydrogens (tertiary/aromatic N) is 1. The number of aliphatic carboxylic acids is 1. The minimum absolute atomic E-state index is 0.0898. The van der Waals surface area contributed by atoms with Gasteiger partial charge in [0.15, 0.2) is 0 Å². The first kappa shape index (κ1) is 16.1. The number of nitrogen functional groups attached to an aromatic ring is 1. The molecular formula is C13H15N3O5S. The Morgan fingerprint density at radius 2 is 2.00 bits per heavy atom. The van der Waals surface area contributed by atoms with Crippen molar-refractivity contribution in [3.05, 3.63) is 33.9 Å². The van der Waals surface area contributed by atoms with Gasteiger partial charge in [0.25, 0.3) is 11.6 Å². The maximum atomic E-state index is 12.3. The first-order valence-corrected chi connectivity index (χ1v) is 7.69. The van der Waals surface area contributed by atoms with E-state index in [1.165, 1.54) is 18.2 Å². The molecule has 1 aromatic rings. The number of para-hydroxylation sites is 1.